The van der Waals surface area contributed by atoms with Gasteiger partial charge in [0.2, 0.25) is 5.91 Å². The average molecular weight is 477 g/mol. The van der Waals surface area contributed by atoms with Gasteiger partial charge in [0, 0.05) is 41.7 Å². The molecule has 3 aliphatic rings. The number of piperidine rings is 1. The molecule has 1 amide bonds. The van der Waals surface area contributed by atoms with Crippen molar-refractivity contribution in [1.29, 1.82) is 0 Å². The first-order valence-corrected chi connectivity index (χ1v) is 12.9. The lowest BCUT2D eigenvalue weighted by Gasteiger charge is -2.32. The molecule has 0 spiro atoms. The predicted octanol–water partition coefficient (Wildman–Crippen LogP) is 3.15. The van der Waals surface area contributed by atoms with Crippen LogP contribution in [0.1, 0.15) is 43.0 Å². The number of nitrogens with zero attached hydrogens (tertiary/aromatic N) is 4. The number of aromatic nitrogens is 3. The second-order valence-corrected chi connectivity index (χ2v) is 10.6. The quantitative estimate of drug-likeness (QED) is 0.597. The van der Waals surface area contributed by atoms with Gasteiger partial charge >= 0.3 is 0 Å². The summed E-state index contributed by atoms with van der Waals surface area (Å²) in [7, 11) is -3.65. The third-order valence-corrected chi connectivity index (χ3v) is 7.96. The maximum absolute atomic E-state index is 13.0. The maximum Gasteiger partial charge on any atom is 0.285 e. The molecule has 10 heteroatoms. The number of benzene rings is 2. The fourth-order valence-corrected chi connectivity index (χ4v) is 5.82. The van der Waals surface area contributed by atoms with Crippen LogP contribution in [0.15, 0.2) is 57.8 Å². The second-order valence-electron chi connectivity index (χ2n) is 9.04. The van der Waals surface area contributed by atoms with E-state index in [1.54, 1.807) is 18.2 Å². The topological polar surface area (TPSA) is 120 Å². The Morgan fingerprint density at radius 2 is 1.82 bits per heavy atom. The van der Waals surface area contributed by atoms with Gasteiger partial charge in [0.15, 0.2) is 11.7 Å². The minimum atomic E-state index is -3.65. The molecule has 174 valence electrons. The van der Waals surface area contributed by atoms with Crippen LogP contribution in [-0.4, -0.2) is 53.3 Å². The zero-order valence-electron chi connectivity index (χ0n) is 18.4. The molecule has 1 aromatic heterocycles. The third kappa shape index (κ3) is 3.87. The first kappa shape index (κ1) is 21.0. The first-order valence-electron chi connectivity index (χ1n) is 11.5. The summed E-state index contributed by atoms with van der Waals surface area (Å²) < 4.78 is 28.7. The molecule has 0 atom stereocenters. The van der Waals surface area contributed by atoms with Gasteiger partial charge in [0.05, 0.1) is 0 Å². The van der Waals surface area contributed by atoms with Crippen molar-refractivity contribution in [2.75, 3.05) is 18.4 Å². The molecular formula is C24H24N6O3S. The Labute approximate surface area is 197 Å². The van der Waals surface area contributed by atoms with E-state index in [0.29, 0.717) is 54.8 Å². The lowest BCUT2D eigenvalue weighted by atomic mass is 9.95. The number of fused-ring (bicyclic) bond motifs is 1. The number of hydrogen-bond donors (Lipinski definition) is 2. The van der Waals surface area contributed by atoms with Crippen LogP contribution in [0.5, 0.6) is 0 Å². The summed E-state index contributed by atoms with van der Waals surface area (Å²) >= 11 is 0. The number of amides is 1. The van der Waals surface area contributed by atoms with Gasteiger partial charge in [0.1, 0.15) is 10.7 Å². The van der Waals surface area contributed by atoms with Crippen LogP contribution in [0.4, 0.5) is 5.69 Å². The van der Waals surface area contributed by atoms with E-state index < -0.39 is 10.0 Å². The predicted molar refractivity (Wildman–Crippen MR) is 127 cm³/mol. The molecule has 0 radical (unpaired) electrons. The number of rotatable bonds is 4. The monoisotopic (exact) mass is 476 g/mol. The highest BCUT2D eigenvalue weighted by atomic mass is 32.2. The number of anilines is 1. The molecule has 3 heterocycles. The molecule has 9 nitrogen and oxygen atoms in total. The molecule has 6 rings (SSSR count). The van der Waals surface area contributed by atoms with Gasteiger partial charge in [-0.15, -0.1) is 4.40 Å². The minimum Gasteiger partial charge on any atom is -0.355 e. The number of H-pyrrole nitrogens is 1. The Kier molecular flexibility index (Phi) is 4.98. The molecule has 2 aliphatic heterocycles. The normalized spacial score (nSPS) is 19.5. The number of nitrogens with one attached hydrogen (secondary N) is 2. The summed E-state index contributed by atoms with van der Waals surface area (Å²) in [6.07, 6.45) is 3.55. The Morgan fingerprint density at radius 1 is 1.03 bits per heavy atom. The maximum atomic E-state index is 13.0. The van der Waals surface area contributed by atoms with E-state index in [9.17, 15) is 13.2 Å². The van der Waals surface area contributed by atoms with E-state index >= 15 is 0 Å². The van der Waals surface area contributed by atoms with Crippen LogP contribution in [-0.2, 0) is 14.8 Å². The molecular weight excluding hydrogens is 452 g/mol. The molecule has 3 aromatic rings. The summed E-state index contributed by atoms with van der Waals surface area (Å²) in [5.74, 6) is 2.36. The number of carbonyl (C=O) groups is 1. The van der Waals surface area contributed by atoms with Crippen molar-refractivity contribution in [3.05, 3.63) is 59.9 Å². The zero-order valence-corrected chi connectivity index (χ0v) is 19.3. The summed E-state index contributed by atoms with van der Waals surface area (Å²) in [6.45, 7) is 1.14. The molecule has 34 heavy (non-hydrogen) atoms. The van der Waals surface area contributed by atoms with Gasteiger partial charge in [-0.05, 0) is 49.9 Å². The lowest BCUT2D eigenvalue weighted by molar-refractivity contribution is -0.120. The number of likely N-dealkylation sites (tertiary alicyclic amines) is 1. The lowest BCUT2D eigenvalue weighted by Crippen LogP contribution is -2.41. The van der Waals surface area contributed by atoms with Crippen molar-refractivity contribution in [1.82, 2.24) is 20.1 Å². The highest BCUT2D eigenvalue weighted by molar-refractivity contribution is 7.90. The van der Waals surface area contributed by atoms with Gasteiger partial charge in [-0.1, -0.05) is 24.3 Å². The van der Waals surface area contributed by atoms with Crippen molar-refractivity contribution < 1.29 is 13.2 Å². The number of amidine groups is 1. The van der Waals surface area contributed by atoms with Gasteiger partial charge in [-0.3, -0.25) is 9.89 Å². The van der Waals surface area contributed by atoms with Crippen LogP contribution < -0.4 is 5.32 Å². The Morgan fingerprint density at radius 3 is 2.62 bits per heavy atom. The van der Waals surface area contributed by atoms with Crippen molar-refractivity contribution in [2.24, 2.45) is 10.3 Å². The van der Waals surface area contributed by atoms with Crippen LogP contribution in [0.3, 0.4) is 0 Å². The number of sulfonamides is 1. The van der Waals surface area contributed by atoms with E-state index in [4.69, 9.17) is 0 Å². The summed E-state index contributed by atoms with van der Waals surface area (Å²) in [5, 5.41) is 10.4. The highest BCUT2D eigenvalue weighted by Gasteiger charge is 2.34. The van der Waals surface area contributed by atoms with Crippen molar-refractivity contribution >= 4 is 27.5 Å². The van der Waals surface area contributed by atoms with E-state index in [0.717, 1.165) is 24.2 Å². The van der Waals surface area contributed by atoms with Crippen LogP contribution >= 0.6 is 0 Å². The number of hydrogen-bond acceptors (Lipinski definition) is 6. The van der Waals surface area contributed by atoms with Gasteiger partial charge in [0.25, 0.3) is 10.0 Å². The molecule has 1 aliphatic carbocycles. The van der Waals surface area contributed by atoms with Gasteiger partial charge < -0.3 is 10.2 Å². The molecule has 1 saturated heterocycles. The number of carbonyl (C=O) groups excluding carboxylic acids is 1. The Hall–Kier alpha value is -3.53. The van der Waals surface area contributed by atoms with Crippen LogP contribution in [0.25, 0.3) is 11.4 Å². The molecule has 2 fully saturated rings. The Bertz CT molecular complexity index is 1400. The van der Waals surface area contributed by atoms with Crippen LogP contribution in [0.2, 0.25) is 0 Å². The van der Waals surface area contributed by atoms with Crippen molar-refractivity contribution in [3.8, 4) is 11.4 Å². The number of aromatic amines is 1. The first-order chi connectivity index (χ1) is 16.5. The van der Waals surface area contributed by atoms with Crippen LogP contribution in [0, 0.1) is 5.92 Å². The van der Waals surface area contributed by atoms with Crippen molar-refractivity contribution in [3.63, 3.8) is 0 Å². The molecule has 1 saturated carbocycles. The fraction of sp³-hybridized carbons (Fsp3) is 0.333. The molecule has 0 unspecified atom stereocenters. The SMILES string of the molecule is O=C(Nc1cccc(-c2n[nH]c(C3CC3)n2)c1)C1CCN(C2=NS(=O)(=O)c3ccccc32)CC1. The summed E-state index contributed by atoms with van der Waals surface area (Å²) in [6, 6.07) is 14.5. The average Bonchev–Trinajstić information content (AvgIpc) is 3.51. The molecule has 0 bridgehead atoms. The second kappa shape index (κ2) is 8.05. The standard InChI is InChI=1S/C24H24N6O3S/c31-24(25-18-5-3-4-17(14-18)22-26-21(27-28-22)15-8-9-15)16-10-12-30(13-11-16)23-19-6-1-2-7-20(19)34(32,33)29-23/h1-7,14-16H,8-13H2,(H,25,31)(H,26,27,28). The van der Waals surface area contributed by atoms with Gasteiger partial charge in [-0.25, -0.2) is 4.98 Å². The molecule has 2 aromatic carbocycles. The third-order valence-electron chi connectivity index (χ3n) is 6.63. The van der Waals surface area contributed by atoms with E-state index in [1.807, 2.05) is 35.2 Å². The summed E-state index contributed by atoms with van der Waals surface area (Å²) in [4.78, 5) is 19.8. The van der Waals surface area contributed by atoms with Crippen molar-refractivity contribution in [2.45, 2.75) is 36.5 Å². The van der Waals surface area contributed by atoms with E-state index in [-0.39, 0.29) is 16.7 Å². The van der Waals surface area contributed by atoms with E-state index in [2.05, 4.69) is 24.9 Å². The smallest absolute Gasteiger partial charge is 0.285 e. The van der Waals surface area contributed by atoms with E-state index in [1.165, 1.54) is 0 Å². The molecule has 2 N–H and O–H groups in total. The largest absolute Gasteiger partial charge is 0.355 e. The zero-order chi connectivity index (χ0) is 23.3. The highest BCUT2D eigenvalue weighted by Crippen LogP contribution is 2.38. The summed E-state index contributed by atoms with van der Waals surface area (Å²) in [5.41, 5.74) is 2.21. The van der Waals surface area contributed by atoms with Gasteiger partial charge in [-0.2, -0.15) is 13.5 Å². The fourth-order valence-electron chi connectivity index (χ4n) is 4.59. The minimum absolute atomic E-state index is 0.0353. The Balaban J connectivity index is 1.10.